The molecule has 198 valence electrons. The molecule has 0 saturated carbocycles. The molecule has 6 nitrogen and oxygen atoms in total. The highest BCUT2D eigenvalue weighted by atomic mass is 19.1. The molecular formula is C30H31F2N3O3. The maximum atomic E-state index is 13.7. The molecule has 4 atom stereocenters. The monoisotopic (exact) mass is 519 g/mol. The molecule has 0 bridgehead atoms. The van der Waals surface area contributed by atoms with Gasteiger partial charge in [-0.15, -0.1) is 0 Å². The Morgan fingerprint density at radius 2 is 1.53 bits per heavy atom. The number of carbonyl (C=O) groups excluding carboxylic acids is 3. The Bertz CT molecular complexity index is 1280. The van der Waals surface area contributed by atoms with E-state index in [1.165, 1.54) is 6.92 Å². The Morgan fingerprint density at radius 3 is 2.13 bits per heavy atom. The number of benzene rings is 3. The molecule has 1 aliphatic heterocycles. The van der Waals surface area contributed by atoms with Crippen LogP contribution in [0.5, 0.6) is 0 Å². The van der Waals surface area contributed by atoms with E-state index in [0.717, 1.165) is 29.3 Å². The van der Waals surface area contributed by atoms with Crippen LogP contribution in [0.25, 0.3) is 0 Å². The van der Waals surface area contributed by atoms with Crippen molar-refractivity contribution in [3.63, 3.8) is 0 Å². The summed E-state index contributed by atoms with van der Waals surface area (Å²) in [5, 5.41) is 8.57. The lowest BCUT2D eigenvalue weighted by Crippen LogP contribution is -2.62. The fraction of sp³-hybridized carbons (Fsp3) is 0.300. The zero-order chi connectivity index (χ0) is 27.3. The van der Waals surface area contributed by atoms with E-state index >= 15 is 0 Å². The molecule has 38 heavy (non-hydrogen) atoms. The zero-order valence-corrected chi connectivity index (χ0v) is 21.3. The largest absolute Gasteiger partial charge is 0.347 e. The van der Waals surface area contributed by atoms with Crippen molar-refractivity contribution in [1.82, 2.24) is 16.0 Å². The number of hydrogen-bond donors (Lipinski definition) is 3. The van der Waals surface area contributed by atoms with Crippen LogP contribution in [0.4, 0.5) is 8.78 Å². The van der Waals surface area contributed by atoms with Gasteiger partial charge in [-0.25, -0.2) is 8.78 Å². The molecule has 0 spiro atoms. The van der Waals surface area contributed by atoms with Crippen LogP contribution in [0.15, 0.2) is 78.9 Å². The van der Waals surface area contributed by atoms with E-state index in [4.69, 9.17) is 0 Å². The number of rotatable bonds is 7. The predicted molar refractivity (Wildman–Crippen MR) is 140 cm³/mol. The molecule has 3 aromatic carbocycles. The minimum absolute atomic E-state index is 0.152. The van der Waals surface area contributed by atoms with Gasteiger partial charge in [0.25, 0.3) is 0 Å². The van der Waals surface area contributed by atoms with Gasteiger partial charge in [-0.05, 0) is 55.5 Å². The summed E-state index contributed by atoms with van der Waals surface area (Å²) in [6.07, 6.45) is 1.01. The van der Waals surface area contributed by atoms with Crippen molar-refractivity contribution in [2.24, 2.45) is 0 Å². The molecule has 3 aromatic rings. The quantitative estimate of drug-likeness (QED) is 0.435. The van der Waals surface area contributed by atoms with E-state index in [1.807, 2.05) is 60.7 Å². The fourth-order valence-electron chi connectivity index (χ4n) is 5.05. The van der Waals surface area contributed by atoms with Crippen molar-refractivity contribution < 1.29 is 23.2 Å². The second-order valence-electron chi connectivity index (χ2n) is 9.91. The number of carbonyl (C=O) groups is 3. The van der Waals surface area contributed by atoms with Gasteiger partial charge in [-0.3, -0.25) is 14.4 Å². The van der Waals surface area contributed by atoms with Gasteiger partial charge in [0.2, 0.25) is 17.7 Å². The first-order valence-corrected chi connectivity index (χ1v) is 12.6. The first kappa shape index (κ1) is 27.0. The number of hydrogen-bond acceptors (Lipinski definition) is 3. The maximum Gasteiger partial charge on any atom is 0.246 e. The van der Waals surface area contributed by atoms with Crippen LogP contribution >= 0.6 is 0 Å². The van der Waals surface area contributed by atoms with Crippen LogP contribution in [0.1, 0.15) is 55.3 Å². The highest BCUT2D eigenvalue weighted by Gasteiger charge is 2.46. The Balaban J connectivity index is 1.52. The van der Waals surface area contributed by atoms with Crippen molar-refractivity contribution in [1.29, 1.82) is 0 Å². The van der Waals surface area contributed by atoms with Crippen molar-refractivity contribution in [2.45, 2.75) is 56.7 Å². The van der Waals surface area contributed by atoms with Gasteiger partial charge in [0.15, 0.2) is 0 Å². The molecule has 4 rings (SSSR count). The van der Waals surface area contributed by atoms with E-state index in [1.54, 1.807) is 6.92 Å². The smallest absolute Gasteiger partial charge is 0.246 e. The Labute approximate surface area is 220 Å². The van der Waals surface area contributed by atoms with Gasteiger partial charge < -0.3 is 16.0 Å². The highest BCUT2D eigenvalue weighted by molar-refractivity contribution is 5.95. The van der Waals surface area contributed by atoms with Gasteiger partial charge in [-0.2, -0.15) is 0 Å². The summed E-state index contributed by atoms with van der Waals surface area (Å²) in [7, 11) is 0. The number of amides is 3. The van der Waals surface area contributed by atoms with Crippen LogP contribution in [-0.4, -0.2) is 29.3 Å². The molecule has 1 heterocycles. The van der Waals surface area contributed by atoms with Crippen molar-refractivity contribution >= 4 is 17.7 Å². The molecule has 0 unspecified atom stereocenters. The van der Waals surface area contributed by atoms with Gasteiger partial charge in [0.05, 0.1) is 12.5 Å². The van der Waals surface area contributed by atoms with Crippen LogP contribution in [0.3, 0.4) is 0 Å². The molecule has 8 heteroatoms. The Hall–Kier alpha value is -4.07. The second-order valence-corrected chi connectivity index (χ2v) is 9.91. The van der Waals surface area contributed by atoms with Crippen molar-refractivity contribution in [3.05, 3.63) is 107 Å². The number of halogens is 2. The molecule has 1 aliphatic rings. The van der Waals surface area contributed by atoms with E-state index < -0.39 is 35.0 Å². The summed E-state index contributed by atoms with van der Waals surface area (Å²) in [4.78, 5) is 39.5. The molecule has 0 aromatic heterocycles. The predicted octanol–water partition coefficient (Wildman–Crippen LogP) is 4.32. The minimum Gasteiger partial charge on any atom is -0.347 e. The van der Waals surface area contributed by atoms with Crippen LogP contribution < -0.4 is 16.0 Å². The third kappa shape index (κ3) is 6.25. The standard InChI is InChI=1S/C30H31F2N3O3/c1-19(33-27(36)17-20-15-23(31)18-24(32)16-20)28(37)35-30(2)25(21-9-5-3-6-10-21)13-14-26(34-29(30)38)22-11-7-4-8-12-22/h3-12,15-16,18-19,25-26H,13-14,17H2,1-2H3,(H,33,36)(H,34,38)(H,35,37)/t19-,25+,26-,30-/m0/s1. The lowest BCUT2D eigenvalue weighted by molar-refractivity contribution is -0.135. The summed E-state index contributed by atoms with van der Waals surface area (Å²) >= 11 is 0. The highest BCUT2D eigenvalue weighted by Crippen LogP contribution is 2.38. The second kappa shape index (κ2) is 11.5. The first-order valence-electron chi connectivity index (χ1n) is 12.6. The summed E-state index contributed by atoms with van der Waals surface area (Å²) in [6, 6.07) is 20.9. The fourth-order valence-corrected chi connectivity index (χ4v) is 5.05. The molecule has 3 amide bonds. The van der Waals surface area contributed by atoms with Gasteiger partial charge in [0, 0.05) is 12.0 Å². The molecule has 1 fully saturated rings. The van der Waals surface area contributed by atoms with Gasteiger partial charge in [-0.1, -0.05) is 60.7 Å². The maximum absolute atomic E-state index is 13.7. The van der Waals surface area contributed by atoms with Gasteiger partial charge in [0.1, 0.15) is 23.2 Å². The summed E-state index contributed by atoms with van der Waals surface area (Å²) in [5.74, 6) is -3.32. The zero-order valence-electron chi connectivity index (χ0n) is 21.3. The van der Waals surface area contributed by atoms with E-state index in [9.17, 15) is 23.2 Å². The van der Waals surface area contributed by atoms with Crippen molar-refractivity contribution in [3.8, 4) is 0 Å². The lowest BCUT2D eigenvalue weighted by Gasteiger charge is -2.36. The minimum atomic E-state index is -1.30. The summed E-state index contributed by atoms with van der Waals surface area (Å²) in [5.41, 5.74) is 0.757. The Morgan fingerprint density at radius 1 is 0.947 bits per heavy atom. The molecule has 0 aliphatic carbocycles. The third-order valence-corrected chi connectivity index (χ3v) is 7.06. The molecule has 3 N–H and O–H groups in total. The SMILES string of the molecule is C[C@H](NC(=O)Cc1cc(F)cc(F)c1)C(=O)N[C@]1(C)C(=O)N[C@H](c2ccccc2)CC[C@@H]1c1ccccc1. The lowest BCUT2D eigenvalue weighted by atomic mass is 9.77. The normalized spacial score (nSPS) is 22.1. The average Bonchev–Trinajstić information content (AvgIpc) is 3.00. The molecule has 1 saturated heterocycles. The van der Waals surface area contributed by atoms with E-state index in [0.29, 0.717) is 12.8 Å². The van der Waals surface area contributed by atoms with Crippen LogP contribution in [0, 0.1) is 11.6 Å². The van der Waals surface area contributed by atoms with E-state index in [2.05, 4.69) is 16.0 Å². The van der Waals surface area contributed by atoms with Crippen LogP contribution in [-0.2, 0) is 20.8 Å². The molecular weight excluding hydrogens is 488 g/mol. The van der Waals surface area contributed by atoms with Gasteiger partial charge >= 0.3 is 0 Å². The van der Waals surface area contributed by atoms with Crippen LogP contribution in [0.2, 0.25) is 0 Å². The van der Waals surface area contributed by atoms with E-state index in [-0.39, 0.29) is 29.9 Å². The van der Waals surface area contributed by atoms with Crippen molar-refractivity contribution in [2.75, 3.05) is 0 Å². The summed E-state index contributed by atoms with van der Waals surface area (Å²) in [6.45, 7) is 3.21. The Kier molecular flexibility index (Phi) is 8.20. The number of nitrogens with one attached hydrogen (secondary N) is 3. The summed E-state index contributed by atoms with van der Waals surface area (Å²) < 4.78 is 27.0. The molecule has 0 radical (unpaired) electrons. The topological polar surface area (TPSA) is 87.3 Å². The third-order valence-electron chi connectivity index (χ3n) is 7.06. The average molecular weight is 520 g/mol. The first-order chi connectivity index (χ1) is 18.2.